The highest BCUT2D eigenvalue weighted by atomic mass is 79.9. The molecule has 1 nitrogen and oxygen atoms in total. The minimum Gasteiger partial charge on any atom is -0.382 e. The first-order chi connectivity index (χ1) is 7.49. The van der Waals surface area contributed by atoms with E-state index in [9.17, 15) is 0 Å². The Morgan fingerprint density at radius 1 is 1.12 bits per heavy atom. The molecular weight excluding hydrogens is 330 g/mol. The maximum atomic E-state index is 3.56. The topological polar surface area (TPSA) is 12.0 Å². The van der Waals surface area contributed by atoms with Crippen molar-refractivity contribution in [1.29, 1.82) is 0 Å². The summed E-state index contributed by atoms with van der Waals surface area (Å²) in [5.74, 6) is 0.776. The van der Waals surface area contributed by atoms with Crippen LogP contribution >= 0.6 is 31.9 Å². The molecule has 0 aliphatic rings. The van der Waals surface area contributed by atoms with E-state index in [2.05, 4.69) is 76.1 Å². The number of hydrogen-bond acceptors (Lipinski definition) is 1. The monoisotopic (exact) mass is 347 g/mol. The molecule has 0 spiro atoms. The maximum Gasteiger partial charge on any atom is 0.0487 e. The van der Waals surface area contributed by atoms with E-state index in [4.69, 9.17) is 0 Å². The van der Waals surface area contributed by atoms with E-state index in [0.29, 0.717) is 6.04 Å². The molecule has 0 aliphatic heterocycles. The van der Waals surface area contributed by atoms with E-state index in [0.717, 1.165) is 14.9 Å². The Labute approximate surface area is 115 Å². The second-order valence-corrected chi connectivity index (χ2v) is 6.41. The summed E-state index contributed by atoms with van der Waals surface area (Å²) in [6, 6.07) is 6.74. The maximum absolute atomic E-state index is 3.56. The van der Waals surface area contributed by atoms with Gasteiger partial charge in [-0.25, -0.2) is 0 Å². The van der Waals surface area contributed by atoms with Gasteiger partial charge in [-0.15, -0.1) is 0 Å². The van der Waals surface area contributed by atoms with E-state index in [1.54, 1.807) is 0 Å². The predicted molar refractivity (Wildman–Crippen MR) is 79.0 cm³/mol. The van der Waals surface area contributed by atoms with E-state index < -0.39 is 0 Å². The largest absolute Gasteiger partial charge is 0.382 e. The average molecular weight is 349 g/mol. The Morgan fingerprint density at radius 2 is 1.81 bits per heavy atom. The van der Waals surface area contributed by atoms with Crippen molar-refractivity contribution >= 4 is 37.5 Å². The van der Waals surface area contributed by atoms with Crippen LogP contribution in [0.25, 0.3) is 0 Å². The number of nitrogens with one attached hydrogen (secondary N) is 1. The summed E-state index contributed by atoms with van der Waals surface area (Å²) in [7, 11) is 0. The summed E-state index contributed by atoms with van der Waals surface area (Å²) < 4.78 is 2.21. The number of benzene rings is 1. The lowest BCUT2D eigenvalue weighted by atomic mass is 10.0. The fourth-order valence-corrected chi connectivity index (χ4v) is 2.69. The molecule has 0 saturated carbocycles. The lowest BCUT2D eigenvalue weighted by molar-refractivity contribution is 0.527. The smallest absolute Gasteiger partial charge is 0.0487 e. The lowest BCUT2D eigenvalue weighted by Crippen LogP contribution is -2.16. The molecule has 0 aromatic heterocycles. The molecule has 1 rings (SSSR count). The molecule has 0 fully saturated rings. The molecule has 1 N–H and O–H groups in total. The highest BCUT2D eigenvalue weighted by Crippen LogP contribution is 2.27. The van der Waals surface area contributed by atoms with Gasteiger partial charge < -0.3 is 5.32 Å². The van der Waals surface area contributed by atoms with Crippen molar-refractivity contribution in [3.05, 3.63) is 27.1 Å². The zero-order chi connectivity index (χ0) is 12.1. The van der Waals surface area contributed by atoms with Gasteiger partial charge in [0.1, 0.15) is 0 Å². The third kappa shape index (κ3) is 4.88. The fraction of sp³-hybridized carbons (Fsp3) is 0.538. The first-order valence-electron chi connectivity index (χ1n) is 5.70. The summed E-state index contributed by atoms with van der Waals surface area (Å²) in [6.07, 6.45) is 2.47. The molecule has 16 heavy (non-hydrogen) atoms. The molecular formula is C13H19Br2N. The fourth-order valence-electron chi connectivity index (χ4n) is 1.53. The van der Waals surface area contributed by atoms with Crippen molar-refractivity contribution in [2.75, 3.05) is 5.32 Å². The molecule has 1 atom stereocenters. The van der Waals surface area contributed by atoms with Crippen LogP contribution in [0.3, 0.4) is 0 Å². The van der Waals surface area contributed by atoms with Gasteiger partial charge in [0.05, 0.1) is 0 Å². The molecule has 3 heteroatoms. The first kappa shape index (κ1) is 14.0. The van der Waals surface area contributed by atoms with Crippen LogP contribution in [0.15, 0.2) is 27.1 Å². The predicted octanol–water partition coefficient (Wildman–Crippen LogP) is 5.45. The molecule has 1 aromatic carbocycles. The summed E-state index contributed by atoms with van der Waals surface area (Å²) in [5.41, 5.74) is 1.17. The summed E-state index contributed by atoms with van der Waals surface area (Å²) in [6.45, 7) is 6.77. The Hall–Kier alpha value is -0.0200. The Morgan fingerprint density at radius 3 is 2.38 bits per heavy atom. The number of anilines is 1. The van der Waals surface area contributed by atoms with Crippen LogP contribution in [0.1, 0.15) is 33.6 Å². The van der Waals surface area contributed by atoms with Gasteiger partial charge in [0.15, 0.2) is 0 Å². The van der Waals surface area contributed by atoms with Crippen LogP contribution in [-0.4, -0.2) is 6.04 Å². The molecule has 1 unspecified atom stereocenters. The van der Waals surface area contributed by atoms with Crippen molar-refractivity contribution in [3.63, 3.8) is 0 Å². The molecule has 1 aromatic rings. The van der Waals surface area contributed by atoms with Crippen LogP contribution in [0, 0.1) is 5.92 Å². The average Bonchev–Trinajstić information content (AvgIpc) is 2.19. The Balaban J connectivity index is 2.52. The van der Waals surface area contributed by atoms with Gasteiger partial charge in [0.2, 0.25) is 0 Å². The van der Waals surface area contributed by atoms with Crippen molar-refractivity contribution in [1.82, 2.24) is 0 Å². The molecule has 0 saturated heterocycles. The zero-order valence-corrected chi connectivity index (χ0v) is 13.2. The summed E-state index contributed by atoms with van der Waals surface area (Å²) in [5, 5.41) is 3.53. The van der Waals surface area contributed by atoms with Crippen LogP contribution in [-0.2, 0) is 0 Å². The van der Waals surface area contributed by atoms with Gasteiger partial charge in [-0.05, 0) is 59.8 Å². The summed E-state index contributed by atoms with van der Waals surface area (Å²) in [4.78, 5) is 0. The van der Waals surface area contributed by atoms with Crippen LogP contribution in [0.4, 0.5) is 5.69 Å². The van der Waals surface area contributed by atoms with Crippen LogP contribution < -0.4 is 5.32 Å². The van der Waals surface area contributed by atoms with E-state index in [1.807, 2.05) is 0 Å². The molecule has 0 aliphatic carbocycles. The second-order valence-electron chi connectivity index (χ2n) is 4.64. The molecule has 90 valence electrons. The van der Waals surface area contributed by atoms with E-state index >= 15 is 0 Å². The minimum atomic E-state index is 0.514. The number of halogens is 2. The zero-order valence-electron chi connectivity index (χ0n) is 10.1. The van der Waals surface area contributed by atoms with Gasteiger partial charge in [-0.3, -0.25) is 0 Å². The van der Waals surface area contributed by atoms with Crippen LogP contribution in [0.2, 0.25) is 0 Å². The van der Waals surface area contributed by atoms with Crippen LogP contribution in [0.5, 0.6) is 0 Å². The molecule has 0 bridgehead atoms. The van der Waals surface area contributed by atoms with Crippen molar-refractivity contribution in [2.24, 2.45) is 5.92 Å². The standard InChI is InChI=1S/C13H19Br2N/c1-9(2)4-5-10(3)16-13-7-6-11(14)8-12(13)15/h6-10,16H,4-5H2,1-3H3. The van der Waals surface area contributed by atoms with Gasteiger partial charge in [0.25, 0.3) is 0 Å². The Kier molecular flexibility index (Phi) is 5.84. The minimum absolute atomic E-state index is 0.514. The molecule has 0 radical (unpaired) electrons. The van der Waals surface area contributed by atoms with Gasteiger partial charge >= 0.3 is 0 Å². The van der Waals surface area contributed by atoms with E-state index in [-0.39, 0.29) is 0 Å². The third-order valence-electron chi connectivity index (χ3n) is 2.51. The molecule has 0 heterocycles. The third-order valence-corrected chi connectivity index (χ3v) is 3.66. The molecule has 0 amide bonds. The number of hydrogen-bond donors (Lipinski definition) is 1. The van der Waals surface area contributed by atoms with E-state index in [1.165, 1.54) is 18.5 Å². The Bertz CT molecular complexity index is 337. The highest BCUT2D eigenvalue weighted by Gasteiger charge is 2.06. The highest BCUT2D eigenvalue weighted by molar-refractivity contribution is 9.11. The van der Waals surface area contributed by atoms with Crippen molar-refractivity contribution in [2.45, 2.75) is 39.7 Å². The number of rotatable bonds is 5. The van der Waals surface area contributed by atoms with Gasteiger partial charge in [0, 0.05) is 20.7 Å². The van der Waals surface area contributed by atoms with Crippen molar-refractivity contribution < 1.29 is 0 Å². The van der Waals surface area contributed by atoms with Gasteiger partial charge in [-0.2, -0.15) is 0 Å². The summed E-state index contributed by atoms with van der Waals surface area (Å²) >= 11 is 7.02. The van der Waals surface area contributed by atoms with Gasteiger partial charge in [-0.1, -0.05) is 29.8 Å². The second kappa shape index (κ2) is 6.65. The SMILES string of the molecule is CC(C)CCC(C)Nc1ccc(Br)cc1Br. The lowest BCUT2D eigenvalue weighted by Gasteiger charge is -2.17. The normalized spacial score (nSPS) is 12.9. The van der Waals surface area contributed by atoms with Crippen molar-refractivity contribution in [3.8, 4) is 0 Å². The first-order valence-corrected chi connectivity index (χ1v) is 7.29. The quantitative estimate of drug-likeness (QED) is 0.746.